The first-order valence-electron chi connectivity index (χ1n) is 7.69. The fourth-order valence-electron chi connectivity index (χ4n) is 2.29. The molecule has 0 unspecified atom stereocenters. The molecule has 0 aliphatic carbocycles. The minimum absolute atomic E-state index is 0.126. The fourth-order valence-corrected chi connectivity index (χ4v) is 2.29. The monoisotopic (exact) mass is 325 g/mol. The Morgan fingerprint density at radius 3 is 2.79 bits per heavy atom. The van der Waals surface area contributed by atoms with Crippen molar-refractivity contribution < 1.29 is 14.3 Å². The third-order valence-corrected chi connectivity index (χ3v) is 3.51. The van der Waals surface area contributed by atoms with Gasteiger partial charge in [-0.05, 0) is 36.4 Å². The van der Waals surface area contributed by atoms with Crippen molar-refractivity contribution in [2.24, 2.45) is 0 Å². The zero-order valence-corrected chi connectivity index (χ0v) is 13.4. The van der Waals surface area contributed by atoms with Gasteiger partial charge < -0.3 is 19.2 Å². The van der Waals surface area contributed by atoms with Crippen molar-refractivity contribution in [1.82, 2.24) is 14.7 Å². The van der Waals surface area contributed by atoms with E-state index in [-0.39, 0.29) is 5.91 Å². The van der Waals surface area contributed by atoms with Crippen LogP contribution in [0, 0.1) is 0 Å². The van der Waals surface area contributed by atoms with Crippen molar-refractivity contribution in [2.45, 2.75) is 6.61 Å². The van der Waals surface area contributed by atoms with E-state index in [0.717, 1.165) is 11.3 Å². The van der Waals surface area contributed by atoms with Crippen molar-refractivity contribution in [3.05, 3.63) is 66.1 Å². The molecule has 0 aliphatic heterocycles. The van der Waals surface area contributed by atoms with Gasteiger partial charge in [0, 0.05) is 31.6 Å². The Morgan fingerprint density at radius 2 is 2.04 bits per heavy atom. The molecule has 1 N–H and O–H groups in total. The Hall–Kier alpha value is -2.86. The number of benzene rings is 1. The summed E-state index contributed by atoms with van der Waals surface area (Å²) in [4.78, 5) is 16.4. The summed E-state index contributed by atoms with van der Waals surface area (Å²) in [5, 5.41) is 2.77. The Labute approximate surface area is 140 Å². The third-order valence-electron chi connectivity index (χ3n) is 3.51. The van der Waals surface area contributed by atoms with E-state index in [4.69, 9.17) is 9.47 Å². The maximum Gasteiger partial charge on any atom is 0.251 e. The van der Waals surface area contributed by atoms with Gasteiger partial charge in [0.05, 0.1) is 12.3 Å². The molecule has 0 radical (unpaired) electrons. The standard InChI is InChI=1S/C18H19N3O3/c1-23-11-9-19-18(22)14-5-7-16(8-6-14)24-13-15-12-21-10-3-2-4-17(21)20-15/h2-8,10,12H,9,11,13H2,1H3,(H,19,22). The van der Waals surface area contributed by atoms with Gasteiger partial charge in [-0.1, -0.05) is 6.07 Å². The van der Waals surface area contributed by atoms with Crippen molar-refractivity contribution >= 4 is 11.6 Å². The van der Waals surface area contributed by atoms with Gasteiger partial charge in [-0.25, -0.2) is 4.98 Å². The van der Waals surface area contributed by atoms with Crippen LogP contribution in [0.5, 0.6) is 5.75 Å². The lowest BCUT2D eigenvalue weighted by Crippen LogP contribution is -2.26. The quantitative estimate of drug-likeness (QED) is 0.677. The van der Waals surface area contributed by atoms with Crippen LogP contribution >= 0.6 is 0 Å². The second-order valence-corrected chi connectivity index (χ2v) is 5.26. The molecular formula is C18H19N3O3. The molecule has 124 valence electrons. The smallest absolute Gasteiger partial charge is 0.251 e. The first-order chi connectivity index (χ1) is 11.8. The summed E-state index contributed by atoms with van der Waals surface area (Å²) >= 11 is 0. The molecule has 1 aromatic carbocycles. The number of carbonyl (C=O) groups excluding carboxylic acids is 1. The summed E-state index contributed by atoms with van der Waals surface area (Å²) < 4.78 is 12.6. The zero-order valence-electron chi connectivity index (χ0n) is 13.4. The first-order valence-corrected chi connectivity index (χ1v) is 7.69. The Bertz CT molecular complexity index is 779. The summed E-state index contributed by atoms with van der Waals surface area (Å²) in [6.07, 6.45) is 3.88. The fraction of sp³-hybridized carbons (Fsp3) is 0.222. The SMILES string of the molecule is COCCNC(=O)c1ccc(OCc2cn3ccccc3n2)cc1. The number of hydrogen-bond acceptors (Lipinski definition) is 4. The Morgan fingerprint density at radius 1 is 1.21 bits per heavy atom. The Kier molecular flexibility index (Phi) is 5.08. The molecule has 0 fully saturated rings. The minimum atomic E-state index is -0.126. The highest BCUT2D eigenvalue weighted by molar-refractivity contribution is 5.94. The molecule has 0 aliphatic rings. The van der Waals surface area contributed by atoms with Crippen molar-refractivity contribution in [2.75, 3.05) is 20.3 Å². The number of nitrogens with zero attached hydrogens (tertiary/aromatic N) is 2. The molecule has 0 atom stereocenters. The number of ether oxygens (including phenoxy) is 2. The van der Waals surface area contributed by atoms with Gasteiger partial charge >= 0.3 is 0 Å². The molecule has 3 aromatic rings. The van der Waals surface area contributed by atoms with Crippen LogP contribution in [-0.4, -0.2) is 35.6 Å². The van der Waals surface area contributed by atoms with Gasteiger partial charge in [0.25, 0.3) is 5.91 Å². The number of methoxy groups -OCH3 is 1. The molecule has 6 heteroatoms. The molecule has 0 saturated carbocycles. The van der Waals surface area contributed by atoms with E-state index in [9.17, 15) is 4.79 Å². The maximum atomic E-state index is 11.9. The topological polar surface area (TPSA) is 64.9 Å². The van der Waals surface area contributed by atoms with Gasteiger partial charge in [-0.3, -0.25) is 4.79 Å². The molecule has 2 aromatic heterocycles. The summed E-state index contributed by atoms with van der Waals surface area (Å²) in [6, 6.07) is 12.9. The molecule has 0 bridgehead atoms. The van der Waals surface area contributed by atoms with Crippen LogP contribution in [0.4, 0.5) is 0 Å². The van der Waals surface area contributed by atoms with Crippen LogP contribution in [0.1, 0.15) is 16.1 Å². The Balaban J connectivity index is 1.56. The van der Waals surface area contributed by atoms with Gasteiger partial charge in [-0.15, -0.1) is 0 Å². The lowest BCUT2D eigenvalue weighted by atomic mass is 10.2. The van der Waals surface area contributed by atoms with Gasteiger partial charge in [0.2, 0.25) is 0 Å². The van der Waals surface area contributed by atoms with Crippen LogP contribution < -0.4 is 10.1 Å². The summed E-state index contributed by atoms with van der Waals surface area (Å²) in [6.45, 7) is 1.36. The molecule has 2 heterocycles. The molecule has 24 heavy (non-hydrogen) atoms. The number of pyridine rings is 1. The highest BCUT2D eigenvalue weighted by Crippen LogP contribution is 2.14. The first kappa shape index (κ1) is 16.0. The number of imidazole rings is 1. The van der Waals surface area contributed by atoms with Gasteiger partial charge in [0.1, 0.15) is 18.0 Å². The second-order valence-electron chi connectivity index (χ2n) is 5.26. The van der Waals surface area contributed by atoms with E-state index in [2.05, 4.69) is 10.3 Å². The molecule has 3 rings (SSSR count). The van der Waals surface area contributed by atoms with Crippen molar-refractivity contribution in [3.63, 3.8) is 0 Å². The normalized spacial score (nSPS) is 10.7. The van der Waals surface area contributed by atoms with E-state index in [1.807, 2.05) is 35.0 Å². The highest BCUT2D eigenvalue weighted by Gasteiger charge is 2.06. The highest BCUT2D eigenvalue weighted by atomic mass is 16.5. The average Bonchev–Trinajstić information content (AvgIpc) is 3.03. The van der Waals surface area contributed by atoms with Crippen LogP contribution in [-0.2, 0) is 11.3 Å². The average molecular weight is 325 g/mol. The van der Waals surface area contributed by atoms with Gasteiger partial charge in [0.15, 0.2) is 0 Å². The second kappa shape index (κ2) is 7.61. The summed E-state index contributed by atoms with van der Waals surface area (Å²) in [5.74, 6) is 0.569. The number of nitrogens with one attached hydrogen (secondary N) is 1. The predicted octanol–water partition coefficient (Wildman–Crippen LogP) is 2.29. The lowest BCUT2D eigenvalue weighted by molar-refractivity contribution is 0.0937. The number of amides is 1. The van der Waals surface area contributed by atoms with E-state index in [1.165, 1.54) is 0 Å². The molecule has 0 saturated heterocycles. The largest absolute Gasteiger partial charge is 0.487 e. The van der Waals surface area contributed by atoms with Crippen molar-refractivity contribution in [3.8, 4) is 5.75 Å². The molecule has 0 spiro atoms. The van der Waals surface area contributed by atoms with E-state index < -0.39 is 0 Å². The van der Waals surface area contributed by atoms with Crippen LogP contribution in [0.2, 0.25) is 0 Å². The zero-order chi connectivity index (χ0) is 16.8. The predicted molar refractivity (Wildman–Crippen MR) is 90.2 cm³/mol. The lowest BCUT2D eigenvalue weighted by Gasteiger charge is -2.07. The molecule has 1 amide bonds. The number of hydrogen-bond donors (Lipinski definition) is 1. The number of carbonyl (C=O) groups is 1. The minimum Gasteiger partial charge on any atom is -0.487 e. The number of fused-ring (bicyclic) bond motifs is 1. The van der Waals surface area contributed by atoms with Crippen LogP contribution in [0.3, 0.4) is 0 Å². The molecule has 6 nitrogen and oxygen atoms in total. The third kappa shape index (κ3) is 3.91. The molecular weight excluding hydrogens is 306 g/mol. The van der Waals surface area contributed by atoms with E-state index >= 15 is 0 Å². The van der Waals surface area contributed by atoms with Crippen LogP contribution in [0.15, 0.2) is 54.9 Å². The summed E-state index contributed by atoms with van der Waals surface area (Å²) in [5.41, 5.74) is 2.33. The summed E-state index contributed by atoms with van der Waals surface area (Å²) in [7, 11) is 1.60. The maximum absolute atomic E-state index is 11.9. The van der Waals surface area contributed by atoms with Gasteiger partial charge in [-0.2, -0.15) is 0 Å². The van der Waals surface area contributed by atoms with Crippen molar-refractivity contribution in [1.29, 1.82) is 0 Å². The van der Waals surface area contributed by atoms with E-state index in [0.29, 0.717) is 31.1 Å². The van der Waals surface area contributed by atoms with Crippen LogP contribution in [0.25, 0.3) is 5.65 Å². The van der Waals surface area contributed by atoms with E-state index in [1.54, 1.807) is 31.4 Å². The number of aromatic nitrogens is 2. The number of rotatable bonds is 7.